The van der Waals surface area contributed by atoms with Gasteiger partial charge in [0.05, 0.1) is 18.8 Å². The van der Waals surface area contributed by atoms with E-state index in [0.717, 1.165) is 43.1 Å². The number of urea groups is 1. The molecule has 4 saturated carbocycles. The maximum atomic E-state index is 12.6. The highest BCUT2D eigenvalue weighted by atomic mass is 16.3. The molecule has 0 radical (unpaired) electrons. The summed E-state index contributed by atoms with van der Waals surface area (Å²) in [5.74, 6) is 1.54. The first kappa shape index (κ1) is 24.8. The molecule has 11 heteroatoms. The molecule has 4 amide bonds. The number of aliphatic imine (C=N–C) groups is 1. The Hall–Kier alpha value is -3.34. The van der Waals surface area contributed by atoms with Gasteiger partial charge in [-0.2, -0.15) is 0 Å². The summed E-state index contributed by atoms with van der Waals surface area (Å²) >= 11 is 0. The highest BCUT2D eigenvalue weighted by molar-refractivity contribution is 5.90. The SMILES string of the molecule is NC(N)=Nc1ccc(CNC(=O)CNC(=O)C(CO)NC(=O)NC2C3CC4CC(C3)CC2C4)cc1. The van der Waals surface area contributed by atoms with Crippen molar-refractivity contribution in [3.63, 3.8) is 0 Å². The second-order valence-corrected chi connectivity index (χ2v) is 10.0. The van der Waals surface area contributed by atoms with Gasteiger partial charge < -0.3 is 37.8 Å². The van der Waals surface area contributed by atoms with E-state index < -0.39 is 30.5 Å². The first-order valence-electron chi connectivity index (χ1n) is 12.2. The number of aliphatic hydroxyl groups is 1. The van der Waals surface area contributed by atoms with Gasteiger partial charge in [-0.15, -0.1) is 0 Å². The number of hydrogen-bond acceptors (Lipinski definition) is 5. The van der Waals surface area contributed by atoms with Gasteiger partial charge in [0.2, 0.25) is 11.8 Å². The molecule has 190 valence electrons. The lowest BCUT2D eigenvalue weighted by Crippen LogP contribution is -2.60. The Morgan fingerprint density at radius 1 is 0.971 bits per heavy atom. The van der Waals surface area contributed by atoms with E-state index in [-0.39, 0.29) is 25.1 Å². The molecule has 1 atom stereocenters. The van der Waals surface area contributed by atoms with E-state index in [4.69, 9.17) is 11.5 Å². The van der Waals surface area contributed by atoms with Crippen molar-refractivity contribution in [2.24, 2.45) is 40.1 Å². The lowest BCUT2D eigenvalue weighted by molar-refractivity contribution is -0.127. The molecule has 4 bridgehead atoms. The fourth-order valence-electron chi connectivity index (χ4n) is 6.10. The molecule has 4 aliphatic carbocycles. The van der Waals surface area contributed by atoms with E-state index in [2.05, 4.69) is 26.3 Å². The van der Waals surface area contributed by atoms with Crippen molar-refractivity contribution in [3.8, 4) is 0 Å². The van der Waals surface area contributed by atoms with Crippen molar-refractivity contribution in [3.05, 3.63) is 29.8 Å². The largest absolute Gasteiger partial charge is 0.394 e. The first-order valence-corrected chi connectivity index (χ1v) is 12.2. The monoisotopic (exact) mass is 485 g/mol. The third-order valence-corrected chi connectivity index (χ3v) is 7.44. The van der Waals surface area contributed by atoms with Gasteiger partial charge in [-0.3, -0.25) is 9.59 Å². The number of aliphatic hydroxyl groups excluding tert-OH is 1. The molecule has 1 unspecified atom stereocenters. The Labute approximate surface area is 204 Å². The third-order valence-electron chi connectivity index (χ3n) is 7.44. The number of carbonyl (C=O) groups excluding carboxylic acids is 3. The van der Waals surface area contributed by atoms with Gasteiger partial charge in [-0.1, -0.05) is 12.1 Å². The van der Waals surface area contributed by atoms with E-state index in [1.807, 2.05) is 0 Å². The average molecular weight is 486 g/mol. The van der Waals surface area contributed by atoms with E-state index >= 15 is 0 Å². The summed E-state index contributed by atoms with van der Waals surface area (Å²) in [7, 11) is 0. The van der Waals surface area contributed by atoms with Crippen LogP contribution in [0.25, 0.3) is 0 Å². The molecule has 0 spiro atoms. The van der Waals surface area contributed by atoms with E-state index in [1.165, 1.54) is 6.42 Å². The van der Waals surface area contributed by atoms with Gasteiger partial charge in [0, 0.05) is 12.6 Å². The number of guanidine groups is 1. The maximum absolute atomic E-state index is 12.6. The van der Waals surface area contributed by atoms with Crippen LogP contribution in [0, 0.1) is 23.7 Å². The number of hydrogen-bond donors (Lipinski definition) is 7. The molecular formula is C24H35N7O4. The molecule has 9 N–H and O–H groups in total. The molecule has 0 heterocycles. The summed E-state index contributed by atoms with van der Waals surface area (Å²) < 4.78 is 0. The van der Waals surface area contributed by atoms with Gasteiger partial charge in [0.15, 0.2) is 5.96 Å². The first-order chi connectivity index (χ1) is 16.8. The zero-order valence-electron chi connectivity index (χ0n) is 19.7. The standard InChI is InChI=1S/C24H35N7O4/c25-23(26)29-18-3-1-13(2-4-18)10-27-20(33)11-28-22(34)19(12-32)30-24(35)31-21-16-6-14-5-15(8-16)9-17(21)7-14/h1-4,14-17,19,21,32H,5-12H2,(H,27,33)(H,28,34)(H4,25,26,29)(H2,30,31,35). The van der Waals surface area contributed by atoms with Crippen LogP contribution in [-0.4, -0.2) is 54.1 Å². The van der Waals surface area contributed by atoms with Crippen molar-refractivity contribution in [2.75, 3.05) is 13.2 Å². The summed E-state index contributed by atoms with van der Waals surface area (Å²) in [6, 6.07) is 5.52. The highest BCUT2D eigenvalue weighted by Crippen LogP contribution is 2.53. The van der Waals surface area contributed by atoms with Crippen LogP contribution < -0.4 is 32.7 Å². The lowest BCUT2D eigenvalue weighted by Gasteiger charge is -2.54. The van der Waals surface area contributed by atoms with Crippen LogP contribution in [0.4, 0.5) is 10.5 Å². The highest BCUT2D eigenvalue weighted by Gasteiger charge is 2.48. The Morgan fingerprint density at radius 3 is 2.17 bits per heavy atom. The molecule has 35 heavy (non-hydrogen) atoms. The molecule has 0 aliphatic heterocycles. The predicted octanol–water partition coefficient (Wildman–Crippen LogP) is -0.191. The average Bonchev–Trinajstić information content (AvgIpc) is 2.82. The van der Waals surface area contributed by atoms with Gasteiger partial charge in [0.25, 0.3) is 0 Å². The second kappa shape index (κ2) is 10.9. The van der Waals surface area contributed by atoms with E-state index in [1.54, 1.807) is 24.3 Å². The number of nitrogens with one attached hydrogen (secondary N) is 4. The van der Waals surface area contributed by atoms with Gasteiger partial charge in [-0.25, -0.2) is 9.79 Å². The molecule has 0 saturated heterocycles. The van der Waals surface area contributed by atoms with E-state index in [0.29, 0.717) is 17.5 Å². The number of rotatable bonds is 9. The van der Waals surface area contributed by atoms with Crippen molar-refractivity contribution < 1.29 is 19.5 Å². The number of nitrogens with two attached hydrogens (primary N) is 2. The Morgan fingerprint density at radius 2 is 1.60 bits per heavy atom. The molecule has 4 aliphatic rings. The molecule has 5 rings (SSSR count). The summed E-state index contributed by atoms with van der Waals surface area (Å²) in [4.78, 5) is 41.1. The van der Waals surface area contributed by atoms with E-state index in [9.17, 15) is 19.5 Å². The maximum Gasteiger partial charge on any atom is 0.315 e. The van der Waals surface area contributed by atoms with Crippen LogP contribution in [0.2, 0.25) is 0 Å². The number of benzene rings is 1. The van der Waals surface area contributed by atoms with Crippen LogP contribution in [0.3, 0.4) is 0 Å². The van der Waals surface area contributed by atoms with Crippen molar-refractivity contribution in [1.29, 1.82) is 0 Å². The zero-order chi connectivity index (χ0) is 24.9. The minimum atomic E-state index is -1.14. The van der Waals surface area contributed by atoms with Crippen LogP contribution in [-0.2, 0) is 16.1 Å². The summed E-state index contributed by atoms with van der Waals surface area (Å²) in [6.45, 7) is -0.586. The number of nitrogens with zero attached hydrogens (tertiary/aromatic N) is 1. The summed E-state index contributed by atoms with van der Waals surface area (Å²) in [5, 5.41) is 20.4. The number of carbonyl (C=O) groups is 3. The molecule has 0 aromatic heterocycles. The fourth-order valence-corrected chi connectivity index (χ4v) is 6.10. The van der Waals surface area contributed by atoms with Crippen LogP contribution >= 0.6 is 0 Å². The fraction of sp³-hybridized carbons (Fsp3) is 0.583. The Bertz CT molecular complexity index is 933. The quantitative estimate of drug-likeness (QED) is 0.188. The zero-order valence-corrected chi connectivity index (χ0v) is 19.7. The second-order valence-electron chi connectivity index (χ2n) is 10.0. The van der Waals surface area contributed by atoms with Gasteiger partial charge >= 0.3 is 6.03 Å². The molecule has 1 aromatic carbocycles. The van der Waals surface area contributed by atoms with Gasteiger partial charge in [0.1, 0.15) is 6.04 Å². The van der Waals surface area contributed by atoms with Crippen molar-refractivity contribution >= 4 is 29.5 Å². The predicted molar refractivity (Wildman–Crippen MR) is 130 cm³/mol. The molecule has 4 fully saturated rings. The van der Waals surface area contributed by atoms with Crippen LogP contribution in [0.15, 0.2) is 29.3 Å². The summed E-state index contributed by atoms with van der Waals surface area (Å²) in [6.07, 6.45) is 5.99. The minimum absolute atomic E-state index is 0.0391. The molecule has 1 aromatic rings. The van der Waals surface area contributed by atoms with Crippen LogP contribution in [0.5, 0.6) is 0 Å². The normalized spacial score (nSPS) is 26.9. The minimum Gasteiger partial charge on any atom is -0.394 e. The van der Waals surface area contributed by atoms with Crippen molar-refractivity contribution in [1.82, 2.24) is 21.3 Å². The van der Waals surface area contributed by atoms with Crippen molar-refractivity contribution in [2.45, 2.75) is 50.7 Å². The summed E-state index contributed by atoms with van der Waals surface area (Å²) in [5.41, 5.74) is 12.1. The molecule has 11 nitrogen and oxygen atoms in total. The smallest absolute Gasteiger partial charge is 0.315 e. The topological polar surface area (TPSA) is 184 Å². The van der Waals surface area contributed by atoms with Gasteiger partial charge in [-0.05, 0) is 73.5 Å². The lowest BCUT2D eigenvalue weighted by atomic mass is 9.54. The Balaban J connectivity index is 1.18. The third kappa shape index (κ3) is 6.41. The van der Waals surface area contributed by atoms with Crippen LogP contribution in [0.1, 0.15) is 37.7 Å². The molecular weight excluding hydrogens is 450 g/mol. The Kier molecular flexibility index (Phi) is 7.74. The number of amides is 4.